The van der Waals surface area contributed by atoms with E-state index in [-0.39, 0.29) is 11.7 Å². The molecule has 8 heteroatoms. The number of nitrogens with zero attached hydrogens (tertiary/aromatic N) is 6. The minimum Gasteiger partial charge on any atom is -0.361 e. The van der Waals surface area contributed by atoms with Crippen molar-refractivity contribution in [3.63, 3.8) is 0 Å². The third kappa shape index (κ3) is 2.42. The lowest BCUT2D eigenvalue weighted by atomic mass is 9.61. The van der Waals surface area contributed by atoms with E-state index in [0.717, 1.165) is 42.8 Å². The van der Waals surface area contributed by atoms with Gasteiger partial charge in [0, 0.05) is 35.7 Å². The second kappa shape index (κ2) is 6.00. The minimum absolute atomic E-state index is 0.0391. The monoisotopic (exact) mass is 389 g/mol. The van der Waals surface area contributed by atoms with Crippen LogP contribution in [-0.2, 0) is 24.7 Å². The molecule has 0 saturated heterocycles. The van der Waals surface area contributed by atoms with E-state index in [0.29, 0.717) is 5.92 Å². The number of imidazole rings is 1. The van der Waals surface area contributed by atoms with Crippen molar-refractivity contribution in [1.82, 2.24) is 25.3 Å². The van der Waals surface area contributed by atoms with E-state index in [1.165, 1.54) is 17.0 Å². The number of nitrogens with one attached hydrogen (secondary N) is 1. The number of rotatable bonds is 2. The molecule has 3 aromatic rings. The lowest BCUT2D eigenvalue weighted by Gasteiger charge is -2.43. The average molecular weight is 389 g/mol. The van der Waals surface area contributed by atoms with Crippen LogP contribution in [0.15, 0.2) is 51.4 Å². The summed E-state index contributed by atoms with van der Waals surface area (Å²) in [6.45, 7) is 2.35. The van der Waals surface area contributed by atoms with Crippen LogP contribution in [0, 0.1) is 5.92 Å². The largest absolute Gasteiger partial charge is 0.361 e. The number of fused-ring (bicyclic) bond motifs is 4. The molecule has 3 heterocycles. The number of hydrogen-bond donors (Lipinski definition) is 1. The van der Waals surface area contributed by atoms with Gasteiger partial charge in [0.2, 0.25) is 6.29 Å². The third-order valence-electron chi connectivity index (χ3n) is 6.77. The van der Waals surface area contributed by atoms with Crippen molar-refractivity contribution >= 4 is 0 Å². The van der Waals surface area contributed by atoms with Gasteiger partial charge in [0.25, 0.3) is 0 Å². The Morgan fingerprint density at radius 1 is 1.24 bits per heavy atom. The molecule has 0 bridgehead atoms. The molecule has 0 saturated carbocycles. The smallest absolute Gasteiger partial charge is 0.221 e. The van der Waals surface area contributed by atoms with Crippen LogP contribution in [0.2, 0.25) is 0 Å². The topological polar surface area (TPSA) is 83.8 Å². The summed E-state index contributed by atoms with van der Waals surface area (Å²) in [6, 6.07) is 10.4. The zero-order valence-corrected chi connectivity index (χ0v) is 16.5. The average Bonchev–Trinajstić information content (AvgIpc) is 3.44. The first-order valence-corrected chi connectivity index (χ1v) is 10.1. The predicted octanol–water partition coefficient (Wildman–Crippen LogP) is 3.43. The van der Waals surface area contributed by atoms with Crippen LogP contribution in [0.3, 0.4) is 0 Å². The summed E-state index contributed by atoms with van der Waals surface area (Å²) in [6.07, 6.45) is 5.51. The highest BCUT2D eigenvalue weighted by molar-refractivity contribution is 5.58. The molecule has 3 atom stereocenters. The summed E-state index contributed by atoms with van der Waals surface area (Å²) in [5.41, 5.74) is 8.02. The molecule has 3 aliphatic rings. The SMILES string of the molecule is CN1N=NC(n2c(-c3ccccc3)nc3c2CCC2Cc4oncc4CC32C)N1. The van der Waals surface area contributed by atoms with Crippen LogP contribution in [0.25, 0.3) is 11.4 Å². The normalized spacial score (nSPS) is 27.6. The first-order chi connectivity index (χ1) is 14.1. The molecule has 2 aliphatic carbocycles. The van der Waals surface area contributed by atoms with Crippen LogP contribution in [0.5, 0.6) is 0 Å². The van der Waals surface area contributed by atoms with Gasteiger partial charge in [-0.05, 0) is 25.2 Å². The highest BCUT2D eigenvalue weighted by Gasteiger charge is 2.48. The Kier molecular flexibility index (Phi) is 3.50. The summed E-state index contributed by atoms with van der Waals surface area (Å²) >= 11 is 0. The van der Waals surface area contributed by atoms with Crippen molar-refractivity contribution in [2.24, 2.45) is 16.3 Å². The summed E-state index contributed by atoms with van der Waals surface area (Å²) in [5, 5.41) is 14.3. The highest BCUT2D eigenvalue weighted by atomic mass is 16.5. The van der Waals surface area contributed by atoms with Gasteiger partial charge in [0.15, 0.2) is 0 Å². The second-order valence-electron chi connectivity index (χ2n) is 8.51. The highest BCUT2D eigenvalue weighted by Crippen LogP contribution is 2.49. The van der Waals surface area contributed by atoms with Crippen molar-refractivity contribution in [2.45, 2.75) is 44.3 Å². The van der Waals surface area contributed by atoms with Crippen LogP contribution < -0.4 is 5.43 Å². The summed E-state index contributed by atoms with van der Waals surface area (Å²) in [4.78, 5) is 5.26. The fourth-order valence-corrected chi connectivity index (χ4v) is 5.27. The maximum absolute atomic E-state index is 5.51. The Labute approximate surface area is 168 Å². The first-order valence-electron chi connectivity index (χ1n) is 10.1. The van der Waals surface area contributed by atoms with Crippen molar-refractivity contribution in [3.05, 3.63) is 59.2 Å². The Bertz CT molecular complexity index is 1100. The van der Waals surface area contributed by atoms with Crippen molar-refractivity contribution < 1.29 is 4.52 Å². The lowest BCUT2D eigenvalue weighted by Crippen LogP contribution is -2.43. The van der Waals surface area contributed by atoms with Gasteiger partial charge >= 0.3 is 0 Å². The van der Waals surface area contributed by atoms with E-state index in [1.54, 1.807) is 5.12 Å². The molecule has 1 aromatic carbocycles. The molecule has 0 amide bonds. The molecule has 8 nitrogen and oxygen atoms in total. The zero-order chi connectivity index (χ0) is 19.6. The Morgan fingerprint density at radius 3 is 2.90 bits per heavy atom. The predicted molar refractivity (Wildman–Crippen MR) is 106 cm³/mol. The Morgan fingerprint density at radius 2 is 2.10 bits per heavy atom. The number of hydrogen-bond acceptors (Lipinski definition) is 7. The molecule has 2 aromatic heterocycles. The van der Waals surface area contributed by atoms with Gasteiger partial charge in [-0.3, -0.25) is 4.57 Å². The maximum atomic E-state index is 5.51. The Balaban J connectivity index is 1.54. The standard InChI is InChI=1S/C21H23N7O/c1-21-11-14-12-22-29-17(14)10-15(21)8-9-16-18(21)23-19(13-6-4-3-5-7-13)28(16)20-24-26-27(2)25-20/h3-7,12,15,20,25H,8-11H2,1-2H3. The van der Waals surface area contributed by atoms with Gasteiger partial charge in [0.05, 0.1) is 11.9 Å². The van der Waals surface area contributed by atoms with Crippen molar-refractivity contribution in [2.75, 3.05) is 7.05 Å². The summed E-state index contributed by atoms with van der Waals surface area (Å²) in [5.74, 6) is 2.50. The van der Waals surface area contributed by atoms with Crippen LogP contribution in [0.4, 0.5) is 0 Å². The fraction of sp³-hybridized carbons (Fsp3) is 0.429. The summed E-state index contributed by atoms with van der Waals surface area (Å²) in [7, 11) is 1.86. The number of benzene rings is 1. The molecular weight excluding hydrogens is 366 g/mol. The quantitative estimate of drug-likeness (QED) is 0.726. The Hall–Kier alpha value is -3.00. The van der Waals surface area contributed by atoms with Crippen LogP contribution >= 0.6 is 0 Å². The van der Waals surface area contributed by atoms with Gasteiger partial charge < -0.3 is 4.52 Å². The van der Waals surface area contributed by atoms with E-state index < -0.39 is 0 Å². The maximum Gasteiger partial charge on any atom is 0.221 e. The molecule has 1 N–H and O–H groups in total. The van der Waals surface area contributed by atoms with Gasteiger partial charge in [-0.1, -0.05) is 47.6 Å². The second-order valence-corrected chi connectivity index (χ2v) is 8.51. The van der Waals surface area contributed by atoms with E-state index in [4.69, 9.17) is 9.51 Å². The molecular formula is C21H23N7O. The number of hydrazine groups is 1. The third-order valence-corrected chi connectivity index (χ3v) is 6.77. The van der Waals surface area contributed by atoms with Crippen LogP contribution in [-0.4, -0.2) is 26.9 Å². The van der Waals surface area contributed by atoms with E-state index in [9.17, 15) is 0 Å². The van der Waals surface area contributed by atoms with Crippen molar-refractivity contribution in [3.8, 4) is 11.4 Å². The molecule has 148 valence electrons. The molecule has 3 unspecified atom stereocenters. The van der Waals surface area contributed by atoms with E-state index in [2.05, 4.69) is 56.7 Å². The number of aromatic nitrogens is 3. The zero-order valence-electron chi connectivity index (χ0n) is 16.5. The molecule has 0 spiro atoms. The molecule has 29 heavy (non-hydrogen) atoms. The van der Waals surface area contributed by atoms with Gasteiger partial charge in [-0.25, -0.2) is 10.1 Å². The fourth-order valence-electron chi connectivity index (χ4n) is 5.27. The van der Waals surface area contributed by atoms with E-state index >= 15 is 0 Å². The van der Waals surface area contributed by atoms with Gasteiger partial charge in [-0.15, -0.1) is 5.11 Å². The van der Waals surface area contributed by atoms with Gasteiger partial charge in [0.1, 0.15) is 11.6 Å². The molecule has 0 fully saturated rings. The molecule has 6 rings (SSSR count). The van der Waals surface area contributed by atoms with Crippen molar-refractivity contribution in [1.29, 1.82) is 0 Å². The summed E-state index contributed by atoms with van der Waals surface area (Å²) < 4.78 is 7.75. The van der Waals surface area contributed by atoms with Gasteiger partial charge in [-0.2, -0.15) is 5.43 Å². The first kappa shape index (κ1) is 16.9. The van der Waals surface area contributed by atoms with E-state index in [1.807, 2.05) is 19.3 Å². The lowest BCUT2D eigenvalue weighted by molar-refractivity contribution is 0.199. The molecule has 1 aliphatic heterocycles. The minimum atomic E-state index is -0.277. The molecule has 0 radical (unpaired) electrons. The van der Waals surface area contributed by atoms with Crippen LogP contribution in [0.1, 0.15) is 42.3 Å².